The number of nitrogens with one attached hydrogen (secondary N) is 1. The Morgan fingerprint density at radius 1 is 1.16 bits per heavy atom. The smallest absolute Gasteiger partial charge is 0.319 e. The minimum absolute atomic E-state index is 0.114. The van der Waals surface area contributed by atoms with Crippen molar-refractivity contribution in [1.29, 1.82) is 0 Å². The molecule has 0 unspecified atom stereocenters. The minimum atomic E-state index is -3.86. The monoisotopic (exact) mass is 369 g/mol. The molecule has 25 heavy (non-hydrogen) atoms. The molecule has 9 nitrogen and oxygen atoms in total. The number of ether oxygens (including phenoxy) is 2. The molecule has 0 amide bonds. The van der Waals surface area contributed by atoms with Crippen LogP contribution in [-0.2, 0) is 16.6 Å². The van der Waals surface area contributed by atoms with E-state index in [0.717, 1.165) is 0 Å². The van der Waals surface area contributed by atoms with Crippen LogP contribution in [0, 0.1) is 13.8 Å². The molecule has 10 heteroatoms. The molecule has 0 aromatic carbocycles. The topological polar surface area (TPSA) is 108 Å². The molecule has 0 fully saturated rings. The molecule has 2 rings (SSSR count). The Balaban J connectivity index is 2.42. The van der Waals surface area contributed by atoms with E-state index in [1.54, 1.807) is 32.4 Å². The zero-order valence-electron chi connectivity index (χ0n) is 15.0. The Morgan fingerprint density at radius 3 is 2.40 bits per heavy atom. The average Bonchev–Trinajstić information content (AvgIpc) is 2.85. The van der Waals surface area contributed by atoms with Gasteiger partial charge in [-0.1, -0.05) is 0 Å². The van der Waals surface area contributed by atoms with Crippen molar-refractivity contribution < 1.29 is 17.9 Å². The normalized spacial score (nSPS) is 11.4. The number of anilines is 1. The summed E-state index contributed by atoms with van der Waals surface area (Å²) in [6, 6.07) is 0.125. The molecular weight excluding hydrogens is 346 g/mol. The number of aromatic nitrogens is 4. The van der Waals surface area contributed by atoms with Gasteiger partial charge < -0.3 is 9.47 Å². The van der Waals surface area contributed by atoms with Crippen molar-refractivity contribution in [2.75, 3.05) is 17.9 Å². The van der Waals surface area contributed by atoms with Crippen LogP contribution in [0.5, 0.6) is 11.9 Å². The van der Waals surface area contributed by atoms with Gasteiger partial charge in [0.05, 0.1) is 30.8 Å². The first-order valence-corrected chi connectivity index (χ1v) is 9.51. The van der Waals surface area contributed by atoms with Crippen molar-refractivity contribution in [3.05, 3.63) is 17.6 Å². The van der Waals surface area contributed by atoms with Gasteiger partial charge in [0.2, 0.25) is 5.88 Å². The van der Waals surface area contributed by atoms with E-state index >= 15 is 0 Å². The lowest BCUT2D eigenvalue weighted by molar-refractivity contribution is 0.290. The highest BCUT2D eigenvalue weighted by molar-refractivity contribution is 7.92. The summed E-state index contributed by atoms with van der Waals surface area (Å²) in [5.41, 5.74) is 1.14. The molecule has 0 atom stereocenters. The second kappa shape index (κ2) is 7.68. The maximum atomic E-state index is 12.8. The number of nitrogens with zero attached hydrogens (tertiary/aromatic N) is 4. The SMILES string of the molecule is CCOc1ncc(NS(=O)(=O)c2c(C)nn(CC)c2C)c(OCC)n1. The predicted octanol–water partition coefficient (Wildman–Crippen LogP) is 1.91. The van der Waals surface area contributed by atoms with E-state index in [4.69, 9.17) is 9.47 Å². The Hall–Kier alpha value is -2.36. The van der Waals surface area contributed by atoms with Gasteiger partial charge in [0.1, 0.15) is 10.6 Å². The molecule has 138 valence electrons. The molecule has 0 saturated carbocycles. The van der Waals surface area contributed by atoms with E-state index in [1.165, 1.54) is 6.20 Å². The maximum Gasteiger partial charge on any atom is 0.319 e. The first kappa shape index (κ1) is 19.0. The molecule has 0 spiro atoms. The molecule has 2 heterocycles. The molecule has 0 bridgehead atoms. The number of hydrogen-bond acceptors (Lipinski definition) is 7. The van der Waals surface area contributed by atoms with Crippen LogP contribution in [0.1, 0.15) is 32.2 Å². The van der Waals surface area contributed by atoms with Crippen LogP contribution in [0.4, 0.5) is 5.69 Å². The number of aryl methyl sites for hydroxylation is 2. The van der Waals surface area contributed by atoms with E-state index in [0.29, 0.717) is 31.1 Å². The fourth-order valence-corrected chi connectivity index (χ4v) is 3.90. The summed E-state index contributed by atoms with van der Waals surface area (Å²) in [7, 11) is -3.86. The van der Waals surface area contributed by atoms with Gasteiger partial charge in [-0.2, -0.15) is 10.1 Å². The third kappa shape index (κ3) is 4.01. The fourth-order valence-electron chi connectivity index (χ4n) is 2.44. The summed E-state index contributed by atoms with van der Waals surface area (Å²) in [5, 5.41) is 4.25. The lowest BCUT2D eigenvalue weighted by Crippen LogP contribution is -2.17. The lowest BCUT2D eigenvalue weighted by Gasteiger charge is -2.13. The van der Waals surface area contributed by atoms with E-state index in [-0.39, 0.29) is 22.5 Å². The summed E-state index contributed by atoms with van der Waals surface area (Å²) in [4.78, 5) is 8.23. The van der Waals surface area contributed by atoms with Crippen molar-refractivity contribution in [2.24, 2.45) is 0 Å². The molecule has 0 saturated heterocycles. The average molecular weight is 369 g/mol. The molecule has 0 aliphatic rings. The van der Waals surface area contributed by atoms with Crippen LogP contribution in [0.25, 0.3) is 0 Å². The summed E-state index contributed by atoms with van der Waals surface area (Å²) in [5.74, 6) is 0.114. The second-order valence-electron chi connectivity index (χ2n) is 5.16. The molecule has 2 aromatic heterocycles. The van der Waals surface area contributed by atoms with Gasteiger partial charge >= 0.3 is 6.01 Å². The standard InChI is InChI=1S/C15H23N5O4S/c1-6-20-11(5)13(10(4)18-20)25(21,22)19-12-9-16-15(24-8-3)17-14(12)23-7-2/h9,19H,6-8H2,1-5H3. The van der Waals surface area contributed by atoms with Crippen LogP contribution in [0.2, 0.25) is 0 Å². The zero-order valence-corrected chi connectivity index (χ0v) is 15.8. The van der Waals surface area contributed by atoms with Crippen molar-refractivity contribution in [3.63, 3.8) is 0 Å². The van der Waals surface area contributed by atoms with Gasteiger partial charge in [-0.15, -0.1) is 0 Å². The van der Waals surface area contributed by atoms with E-state index in [9.17, 15) is 8.42 Å². The van der Waals surface area contributed by atoms with Crippen LogP contribution in [0.3, 0.4) is 0 Å². The van der Waals surface area contributed by atoms with Gasteiger partial charge in [0.15, 0.2) is 0 Å². The first-order valence-electron chi connectivity index (χ1n) is 8.03. The zero-order chi connectivity index (χ0) is 18.6. The van der Waals surface area contributed by atoms with Gasteiger partial charge in [0.25, 0.3) is 10.0 Å². The highest BCUT2D eigenvalue weighted by Gasteiger charge is 2.26. The summed E-state index contributed by atoms with van der Waals surface area (Å²) < 4.78 is 40.4. The number of rotatable bonds is 8. The summed E-state index contributed by atoms with van der Waals surface area (Å²) in [6.07, 6.45) is 1.33. The first-order chi connectivity index (χ1) is 11.8. The van der Waals surface area contributed by atoms with Crippen molar-refractivity contribution in [2.45, 2.75) is 46.1 Å². The maximum absolute atomic E-state index is 12.8. The van der Waals surface area contributed by atoms with E-state index in [2.05, 4.69) is 19.8 Å². The summed E-state index contributed by atoms with van der Waals surface area (Å²) in [6.45, 7) is 10.2. The van der Waals surface area contributed by atoms with Gasteiger partial charge in [-0.3, -0.25) is 9.40 Å². The predicted molar refractivity (Wildman–Crippen MR) is 92.6 cm³/mol. The second-order valence-corrected chi connectivity index (χ2v) is 6.78. The molecule has 1 N–H and O–H groups in total. The van der Waals surface area contributed by atoms with E-state index < -0.39 is 10.0 Å². The molecule has 0 aliphatic carbocycles. The van der Waals surface area contributed by atoms with Crippen LogP contribution in [0.15, 0.2) is 11.1 Å². The quantitative estimate of drug-likeness (QED) is 0.757. The molecular formula is C15H23N5O4S. The van der Waals surface area contributed by atoms with Gasteiger partial charge in [-0.05, 0) is 34.6 Å². The summed E-state index contributed by atoms with van der Waals surface area (Å²) >= 11 is 0. The van der Waals surface area contributed by atoms with Crippen molar-refractivity contribution in [1.82, 2.24) is 19.7 Å². The van der Waals surface area contributed by atoms with E-state index in [1.807, 2.05) is 6.92 Å². The largest absolute Gasteiger partial charge is 0.476 e. The Labute approximate surface area is 147 Å². The highest BCUT2D eigenvalue weighted by Crippen LogP contribution is 2.28. The van der Waals surface area contributed by atoms with Gasteiger partial charge in [0, 0.05) is 6.54 Å². The third-order valence-corrected chi connectivity index (χ3v) is 5.03. The van der Waals surface area contributed by atoms with Crippen molar-refractivity contribution >= 4 is 15.7 Å². The lowest BCUT2D eigenvalue weighted by atomic mass is 10.4. The Morgan fingerprint density at radius 2 is 1.84 bits per heavy atom. The van der Waals surface area contributed by atoms with Crippen LogP contribution >= 0.6 is 0 Å². The fraction of sp³-hybridized carbons (Fsp3) is 0.533. The Kier molecular flexibility index (Phi) is 5.83. The molecule has 2 aromatic rings. The highest BCUT2D eigenvalue weighted by atomic mass is 32.2. The third-order valence-electron chi connectivity index (χ3n) is 3.41. The molecule has 0 radical (unpaired) electrons. The number of sulfonamides is 1. The molecule has 0 aliphatic heterocycles. The Bertz CT molecular complexity index is 848. The minimum Gasteiger partial charge on any atom is -0.476 e. The van der Waals surface area contributed by atoms with Crippen LogP contribution < -0.4 is 14.2 Å². The number of hydrogen-bond donors (Lipinski definition) is 1. The van der Waals surface area contributed by atoms with Crippen molar-refractivity contribution in [3.8, 4) is 11.9 Å². The van der Waals surface area contributed by atoms with Gasteiger partial charge in [-0.25, -0.2) is 13.4 Å². The van der Waals surface area contributed by atoms with Crippen LogP contribution in [-0.4, -0.2) is 41.4 Å².